The van der Waals surface area contributed by atoms with Gasteiger partial charge in [0.05, 0.1) is 10.4 Å². The van der Waals surface area contributed by atoms with Crippen molar-refractivity contribution in [1.29, 1.82) is 0 Å². The highest BCUT2D eigenvalue weighted by molar-refractivity contribution is 7.90. The van der Waals surface area contributed by atoms with E-state index in [4.69, 9.17) is 9.52 Å². The molecule has 8 heteroatoms. The van der Waals surface area contributed by atoms with Crippen LogP contribution in [-0.2, 0) is 10.0 Å². The molecule has 4 aromatic rings. The standard InChI is InChI=1S/C20H16N2O5S/c1-12-3-7-16(8-4-12)28(25,26)22-10-9-14-5-6-15(11-17(14)22)19-21-18(20(23)24)13(2)27-19/h3-11H,1-2H3,(H,23,24). The number of fused-ring (bicyclic) bond motifs is 1. The molecule has 28 heavy (non-hydrogen) atoms. The van der Waals surface area contributed by atoms with E-state index in [9.17, 15) is 13.2 Å². The fourth-order valence-corrected chi connectivity index (χ4v) is 4.33. The van der Waals surface area contributed by atoms with Gasteiger partial charge >= 0.3 is 5.97 Å². The van der Waals surface area contributed by atoms with Crippen LogP contribution in [0.2, 0.25) is 0 Å². The Morgan fingerprint density at radius 1 is 1.07 bits per heavy atom. The van der Waals surface area contributed by atoms with E-state index in [1.807, 2.05) is 6.92 Å². The summed E-state index contributed by atoms with van der Waals surface area (Å²) in [5, 5.41) is 9.88. The van der Waals surface area contributed by atoms with Crippen LogP contribution in [0.5, 0.6) is 0 Å². The zero-order valence-electron chi connectivity index (χ0n) is 15.1. The summed E-state index contributed by atoms with van der Waals surface area (Å²) in [5.41, 5.74) is 1.73. The largest absolute Gasteiger partial charge is 0.476 e. The summed E-state index contributed by atoms with van der Waals surface area (Å²) in [6, 6.07) is 13.4. The third-order valence-electron chi connectivity index (χ3n) is 4.48. The van der Waals surface area contributed by atoms with Gasteiger partial charge in [-0.05, 0) is 44.2 Å². The van der Waals surface area contributed by atoms with Gasteiger partial charge in [0.1, 0.15) is 5.76 Å². The quantitative estimate of drug-likeness (QED) is 0.562. The Balaban J connectivity index is 1.86. The Morgan fingerprint density at radius 3 is 2.43 bits per heavy atom. The molecular weight excluding hydrogens is 380 g/mol. The molecule has 0 atom stereocenters. The number of carboxylic acids is 1. The third-order valence-corrected chi connectivity index (χ3v) is 6.19. The zero-order chi connectivity index (χ0) is 20.1. The van der Waals surface area contributed by atoms with Gasteiger partial charge in [0.25, 0.3) is 10.0 Å². The number of benzene rings is 2. The summed E-state index contributed by atoms with van der Waals surface area (Å²) < 4.78 is 32.8. The van der Waals surface area contributed by atoms with Crippen LogP contribution in [-0.4, -0.2) is 28.5 Å². The van der Waals surface area contributed by atoms with Crippen molar-refractivity contribution in [3.05, 3.63) is 71.7 Å². The minimum absolute atomic E-state index is 0.122. The normalized spacial score (nSPS) is 11.8. The van der Waals surface area contributed by atoms with Gasteiger partial charge in [-0.3, -0.25) is 0 Å². The van der Waals surface area contributed by atoms with E-state index >= 15 is 0 Å². The highest BCUT2D eigenvalue weighted by Crippen LogP contribution is 2.28. The van der Waals surface area contributed by atoms with Crippen LogP contribution in [0.15, 0.2) is 64.0 Å². The average Bonchev–Trinajstić information content (AvgIpc) is 3.25. The molecule has 0 saturated heterocycles. The van der Waals surface area contributed by atoms with Crippen molar-refractivity contribution >= 4 is 26.9 Å². The molecule has 0 saturated carbocycles. The topological polar surface area (TPSA) is 102 Å². The maximum absolute atomic E-state index is 13.1. The summed E-state index contributed by atoms with van der Waals surface area (Å²) >= 11 is 0. The number of rotatable bonds is 4. The molecule has 2 aromatic heterocycles. The average molecular weight is 396 g/mol. The Hall–Kier alpha value is -3.39. The van der Waals surface area contributed by atoms with Crippen LogP contribution < -0.4 is 0 Å². The number of carboxylic acid groups (broad SMARTS) is 1. The predicted molar refractivity (Wildman–Crippen MR) is 103 cm³/mol. The van der Waals surface area contributed by atoms with Crippen LogP contribution in [0, 0.1) is 13.8 Å². The van der Waals surface area contributed by atoms with Crippen molar-refractivity contribution in [2.45, 2.75) is 18.7 Å². The number of oxazole rings is 1. The van der Waals surface area contributed by atoms with E-state index in [0.29, 0.717) is 11.1 Å². The number of aromatic nitrogens is 2. The number of aromatic carboxylic acids is 1. The first-order valence-electron chi connectivity index (χ1n) is 8.42. The van der Waals surface area contributed by atoms with E-state index < -0.39 is 16.0 Å². The van der Waals surface area contributed by atoms with Crippen molar-refractivity contribution < 1.29 is 22.7 Å². The van der Waals surface area contributed by atoms with Crippen molar-refractivity contribution in [2.24, 2.45) is 0 Å². The van der Waals surface area contributed by atoms with Gasteiger partial charge in [-0.25, -0.2) is 22.2 Å². The van der Waals surface area contributed by atoms with E-state index in [2.05, 4.69) is 4.98 Å². The van der Waals surface area contributed by atoms with Gasteiger partial charge in [0.15, 0.2) is 5.69 Å². The van der Waals surface area contributed by atoms with Gasteiger partial charge in [-0.1, -0.05) is 23.8 Å². The fourth-order valence-electron chi connectivity index (χ4n) is 2.99. The van der Waals surface area contributed by atoms with E-state index in [1.54, 1.807) is 48.5 Å². The lowest BCUT2D eigenvalue weighted by Crippen LogP contribution is -2.11. The molecule has 4 rings (SSSR count). The lowest BCUT2D eigenvalue weighted by Gasteiger charge is -2.08. The number of hydrogen-bond acceptors (Lipinski definition) is 5. The summed E-state index contributed by atoms with van der Waals surface area (Å²) in [6.45, 7) is 3.40. The van der Waals surface area contributed by atoms with E-state index in [0.717, 1.165) is 10.9 Å². The van der Waals surface area contributed by atoms with Gasteiger partial charge in [-0.2, -0.15) is 0 Å². The minimum atomic E-state index is -3.78. The molecule has 7 nitrogen and oxygen atoms in total. The van der Waals surface area contributed by atoms with Gasteiger partial charge in [-0.15, -0.1) is 0 Å². The SMILES string of the molecule is Cc1ccc(S(=O)(=O)n2ccc3ccc(-c4nc(C(=O)O)c(C)o4)cc32)cc1. The Bertz CT molecular complexity index is 1310. The van der Waals surface area contributed by atoms with Crippen molar-refractivity contribution in [3.8, 4) is 11.5 Å². The Morgan fingerprint density at radius 2 is 1.79 bits per heavy atom. The van der Waals surface area contributed by atoms with Crippen molar-refractivity contribution in [3.63, 3.8) is 0 Å². The van der Waals surface area contributed by atoms with Crippen LogP contribution in [0.1, 0.15) is 21.8 Å². The second-order valence-electron chi connectivity index (χ2n) is 6.43. The minimum Gasteiger partial charge on any atom is -0.476 e. The highest BCUT2D eigenvalue weighted by atomic mass is 32.2. The molecule has 2 heterocycles. The fraction of sp³-hybridized carbons (Fsp3) is 0.100. The first kappa shape index (κ1) is 18.0. The van der Waals surface area contributed by atoms with Crippen LogP contribution in [0.3, 0.4) is 0 Å². The van der Waals surface area contributed by atoms with Crippen LogP contribution >= 0.6 is 0 Å². The summed E-state index contributed by atoms with van der Waals surface area (Å²) in [7, 11) is -3.78. The molecule has 0 spiro atoms. The van der Waals surface area contributed by atoms with Crippen molar-refractivity contribution in [2.75, 3.05) is 0 Å². The number of nitrogens with zero attached hydrogens (tertiary/aromatic N) is 2. The molecule has 0 aliphatic rings. The van der Waals surface area contributed by atoms with Gasteiger partial charge in [0, 0.05) is 17.1 Å². The molecule has 0 aliphatic heterocycles. The molecule has 2 aromatic carbocycles. The van der Waals surface area contributed by atoms with Gasteiger partial charge < -0.3 is 9.52 Å². The van der Waals surface area contributed by atoms with Crippen LogP contribution in [0.25, 0.3) is 22.4 Å². The number of aryl methyl sites for hydroxylation is 2. The first-order valence-corrected chi connectivity index (χ1v) is 9.86. The molecule has 0 fully saturated rings. The first-order chi connectivity index (χ1) is 13.3. The molecule has 0 aliphatic carbocycles. The number of hydrogen-bond donors (Lipinski definition) is 1. The lowest BCUT2D eigenvalue weighted by atomic mass is 10.1. The summed E-state index contributed by atoms with van der Waals surface area (Å²) in [4.78, 5) is 15.4. The van der Waals surface area contributed by atoms with E-state index in [-0.39, 0.29) is 22.2 Å². The maximum Gasteiger partial charge on any atom is 0.358 e. The summed E-state index contributed by atoms with van der Waals surface area (Å²) in [5.74, 6) is -0.874. The Kier molecular flexibility index (Phi) is 4.08. The molecule has 0 unspecified atom stereocenters. The molecule has 0 amide bonds. The van der Waals surface area contributed by atoms with Crippen LogP contribution in [0.4, 0.5) is 0 Å². The molecule has 142 valence electrons. The molecule has 0 radical (unpaired) electrons. The molecular formula is C20H16N2O5S. The summed E-state index contributed by atoms with van der Waals surface area (Å²) in [6.07, 6.45) is 1.49. The maximum atomic E-state index is 13.1. The predicted octanol–water partition coefficient (Wildman–Crippen LogP) is 3.85. The second-order valence-corrected chi connectivity index (χ2v) is 8.25. The Labute approximate surface area is 160 Å². The van der Waals surface area contributed by atoms with E-state index in [1.165, 1.54) is 17.1 Å². The molecule has 1 N–H and O–H groups in total. The van der Waals surface area contributed by atoms with Gasteiger partial charge in [0.2, 0.25) is 5.89 Å². The number of carbonyl (C=O) groups is 1. The lowest BCUT2D eigenvalue weighted by molar-refractivity contribution is 0.0689. The zero-order valence-corrected chi connectivity index (χ0v) is 15.9. The third kappa shape index (κ3) is 2.87. The second kappa shape index (κ2) is 6.35. The molecule has 0 bridgehead atoms. The monoisotopic (exact) mass is 396 g/mol. The highest BCUT2D eigenvalue weighted by Gasteiger charge is 2.21. The van der Waals surface area contributed by atoms with Crippen molar-refractivity contribution in [1.82, 2.24) is 8.96 Å². The smallest absolute Gasteiger partial charge is 0.358 e.